The quantitative estimate of drug-likeness (QED) is 0.307. The minimum atomic E-state index is 0.0000259. The lowest BCUT2D eigenvalue weighted by Crippen LogP contribution is -2.48. The summed E-state index contributed by atoms with van der Waals surface area (Å²) in [7, 11) is 0. The number of carbonyl (C=O) groups excluding carboxylic acids is 3. The van der Waals surface area contributed by atoms with E-state index in [0.29, 0.717) is 25.4 Å². The molecule has 18 heavy (non-hydrogen) atoms. The lowest BCUT2D eigenvalue weighted by atomic mass is 10.0. The highest BCUT2D eigenvalue weighted by Crippen LogP contribution is 2.11. The molecule has 0 radical (unpaired) electrons. The summed E-state index contributed by atoms with van der Waals surface area (Å²) in [5.41, 5.74) is 0. The summed E-state index contributed by atoms with van der Waals surface area (Å²) in [5, 5.41) is 8.33. The average molecular weight is 253 g/mol. The molecule has 2 fully saturated rings. The molecule has 3 amide bonds. The molecular weight excluding hydrogens is 234 g/mol. The van der Waals surface area contributed by atoms with Crippen molar-refractivity contribution in [3.63, 3.8) is 0 Å². The monoisotopic (exact) mass is 253 g/mol. The van der Waals surface area contributed by atoms with Crippen molar-refractivity contribution in [2.75, 3.05) is 6.54 Å². The molecular formula is C12H19N3O3. The van der Waals surface area contributed by atoms with Crippen LogP contribution in [0.1, 0.15) is 38.5 Å². The maximum Gasteiger partial charge on any atom is 0.243 e. The number of hydrogen-bond acceptors (Lipinski definition) is 3. The predicted octanol–water partition coefficient (Wildman–Crippen LogP) is -0.560. The van der Waals surface area contributed by atoms with Crippen molar-refractivity contribution in [3.8, 4) is 0 Å². The third-order valence-electron chi connectivity index (χ3n) is 3.29. The van der Waals surface area contributed by atoms with Gasteiger partial charge in [-0.3, -0.25) is 14.4 Å². The van der Waals surface area contributed by atoms with Gasteiger partial charge >= 0.3 is 0 Å². The molecule has 0 aromatic heterocycles. The van der Waals surface area contributed by atoms with E-state index in [1.165, 1.54) is 0 Å². The number of hydrogen-bond donors (Lipinski definition) is 3. The number of amides is 3. The zero-order chi connectivity index (χ0) is 13.0. The Kier molecular flexibility index (Phi) is 4.17. The van der Waals surface area contributed by atoms with E-state index in [4.69, 9.17) is 0 Å². The Morgan fingerprint density at radius 3 is 2.56 bits per heavy atom. The highest BCUT2D eigenvalue weighted by molar-refractivity contribution is 5.96. The van der Waals surface area contributed by atoms with Gasteiger partial charge in [0.1, 0.15) is 6.04 Å². The van der Waals surface area contributed by atoms with Gasteiger partial charge in [-0.15, -0.1) is 0 Å². The van der Waals surface area contributed by atoms with Gasteiger partial charge < -0.3 is 16.0 Å². The van der Waals surface area contributed by atoms with Crippen LogP contribution in [0.5, 0.6) is 0 Å². The number of carbonyl (C=O) groups is 3. The Morgan fingerprint density at radius 1 is 1.22 bits per heavy atom. The van der Waals surface area contributed by atoms with Gasteiger partial charge in [0, 0.05) is 25.4 Å². The molecule has 0 bridgehead atoms. The van der Waals surface area contributed by atoms with Crippen molar-refractivity contribution in [2.45, 2.75) is 50.6 Å². The maximum absolute atomic E-state index is 11.4. The Morgan fingerprint density at radius 2 is 1.94 bits per heavy atom. The van der Waals surface area contributed by atoms with E-state index < -0.39 is 0 Å². The molecule has 2 aliphatic rings. The van der Waals surface area contributed by atoms with Crippen molar-refractivity contribution in [2.24, 2.45) is 0 Å². The van der Waals surface area contributed by atoms with E-state index in [-0.39, 0.29) is 23.8 Å². The second kappa shape index (κ2) is 5.84. The minimum absolute atomic E-state index is 0.0000259. The first-order valence-electron chi connectivity index (χ1n) is 6.51. The van der Waals surface area contributed by atoms with Gasteiger partial charge in [0.15, 0.2) is 0 Å². The summed E-state index contributed by atoms with van der Waals surface area (Å²) in [5.74, 6) is 0.256. The van der Waals surface area contributed by atoms with Gasteiger partial charge in [0.05, 0.1) is 0 Å². The first-order chi connectivity index (χ1) is 8.65. The molecule has 3 N–H and O–H groups in total. The topological polar surface area (TPSA) is 97.2 Å². The second-order valence-corrected chi connectivity index (χ2v) is 4.91. The normalized spacial score (nSPS) is 24.9. The van der Waals surface area contributed by atoms with Crippen LogP contribution in [-0.2, 0) is 14.4 Å². The summed E-state index contributed by atoms with van der Waals surface area (Å²) in [6, 6.07) is 0.307. The Hall–Kier alpha value is -1.59. The molecule has 100 valence electrons. The van der Waals surface area contributed by atoms with Crippen molar-refractivity contribution in [1.82, 2.24) is 16.0 Å². The summed E-state index contributed by atoms with van der Waals surface area (Å²) in [6.07, 6.45) is 4.40. The van der Waals surface area contributed by atoms with Gasteiger partial charge in [0.2, 0.25) is 17.7 Å². The smallest absolute Gasteiger partial charge is 0.243 e. The van der Waals surface area contributed by atoms with Gasteiger partial charge in [0.25, 0.3) is 0 Å². The summed E-state index contributed by atoms with van der Waals surface area (Å²) >= 11 is 0. The first-order valence-corrected chi connectivity index (χ1v) is 6.51. The molecule has 0 aromatic rings. The Bertz CT molecular complexity index is 348. The van der Waals surface area contributed by atoms with Crippen molar-refractivity contribution >= 4 is 17.7 Å². The molecule has 2 aliphatic heterocycles. The van der Waals surface area contributed by atoms with Crippen LogP contribution in [0.25, 0.3) is 0 Å². The van der Waals surface area contributed by atoms with Crippen LogP contribution < -0.4 is 16.0 Å². The van der Waals surface area contributed by atoms with Crippen molar-refractivity contribution in [3.05, 3.63) is 0 Å². The third kappa shape index (κ3) is 4.01. The van der Waals surface area contributed by atoms with E-state index in [1.54, 1.807) is 0 Å². The molecule has 2 rings (SSSR count). The molecule has 2 heterocycles. The Labute approximate surface area is 106 Å². The molecule has 0 aliphatic carbocycles. The lowest BCUT2D eigenvalue weighted by molar-refractivity contribution is -0.128. The van der Waals surface area contributed by atoms with E-state index in [9.17, 15) is 14.4 Å². The van der Waals surface area contributed by atoms with Crippen LogP contribution in [0, 0.1) is 0 Å². The van der Waals surface area contributed by atoms with E-state index in [2.05, 4.69) is 16.0 Å². The number of nitrogens with one attached hydrogen (secondary N) is 3. The molecule has 2 atom stereocenters. The van der Waals surface area contributed by atoms with Crippen LogP contribution in [-0.4, -0.2) is 36.3 Å². The van der Waals surface area contributed by atoms with Crippen LogP contribution in [0.2, 0.25) is 0 Å². The molecule has 2 unspecified atom stereocenters. The molecule has 6 nitrogen and oxygen atoms in total. The molecule has 0 aromatic carbocycles. The maximum atomic E-state index is 11.4. The number of rotatable bonds is 8. The summed E-state index contributed by atoms with van der Waals surface area (Å²) < 4.78 is 0. The highest BCUT2D eigenvalue weighted by atomic mass is 16.2. The van der Waals surface area contributed by atoms with Crippen LogP contribution >= 0.6 is 0 Å². The number of β-lactam (4-membered cyclic amide) rings is 1. The Balaban J connectivity index is 1.40. The molecule has 0 saturated carbocycles. The van der Waals surface area contributed by atoms with Crippen LogP contribution in [0.15, 0.2) is 0 Å². The second-order valence-electron chi connectivity index (χ2n) is 4.91. The fraction of sp³-hybridized carbons (Fsp3) is 0.750. The molecule has 2 saturated heterocycles. The standard InChI is InChI=1S/C12H19N3O3/c16-10(5-1-4-9-12(18)15-9)13-6-2-3-8-7-11(17)14-8/h8-9H,1-7H2,(H,13,16)(H,14,17)(H,15,18). The lowest BCUT2D eigenvalue weighted by Gasteiger charge is -2.26. The minimum Gasteiger partial charge on any atom is -0.356 e. The largest absolute Gasteiger partial charge is 0.356 e. The zero-order valence-corrected chi connectivity index (χ0v) is 10.3. The zero-order valence-electron chi connectivity index (χ0n) is 10.3. The third-order valence-corrected chi connectivity index (χ3v) is 3.29. The SMILES string of the molecule is O=C(CCCC1NC1=O)NCCCC1CC(=O)N1. The van der Waals surface area contributed by atoms with E-state index in [1.807, 2.05) is 0 Å². The summed E-state index contributed by atoms with van der Waals surface area (Å²) in [4.78, 5) is 32.7. The van der Waals surface area contributed by atoms with Gasteiger partial charge in [-0.05, 0) is 25.7 Å². The van der Waals surface area contributed by atoms with Crippen molar-refractivity contribution in [1.29, 1.82) is 0 Å². The van der Waals surface area contributed by atoms with Crippen molar-refractivity contribution < 1.29 is 14.4 Å². The highest BCUT2D eigenvalue weighted by Gasteiger charge is 2.32. The first kappa shape index (κ1) is 12.9. The van der Waals surface area contributed by atoms with Gasteiger partial charge in [-0.2, -0.15) is 0 Å². The van der Waals surface area contributed by atoms with Crippen LogP contribution in [0.3, 0.4) is 0 Å². The molecule has 6 heteroatoms. The summed E-state index contributed by atoms with van der Waals surface area (Å²) in [6.45, 7) is 0.659. The average Bonchev–Trinajstić information content (AvgIpc) is 2.98. The van der Waals surface area contributed by atoms with Gasteiger partial charge in [-0.1, -0.05) is 0 Å². The fourth-order valence-corrected chi connectivity index (χ4v) is 2.07. The van der Waals surface area contributed by atoms with Gasteiger partial charge in [-0.25, -0.2) is 0 Å². The molecule has 0 spiro atoms. The van der Waals surface area contributed by atoms with E-state index >= 15 is 0 Å². The van der Waals surface area contributed by atoms with Crippen LogP contribution in [0.4, 0.5) is 0 Å². The predicted molar refractivity (Wildman–Crippen MR) is 64.6 cm³/mol. The fourth-order valence-electron chi connectivity index (χ4n) is 2.07. The van der Waals surface area contributed by atoms with E-state index in [0.717, 1.165) is 25.7 Å².